The second-order valence-corrected chi connectivity index (χ2v) is 20.1. The van der Waals surface area contributed by atoms with Gasteiger partial charge >= 0.3 is 12.1 Å². The predicted octanol–water partition coefficient (Wildman–Crippen LogP) is 6.64. The molecule has 1 aromatic rings. The number of carbonyl (C=O) groups excluding carboxylic acids is 6. The van der Waals surface area contributed by atoms with Gasteiger partial charge in [-0.1, -0.05) is 62.2 Å². The number of epoxide rings is 1. The molecule has 0 aromatic heterocycles. The first-order valence-corrected chi connectivity index (χ1v) is 23.8. The number of aryl methyl sites for hydroxylation is 1. The van der Waals surface area contributed by atoms with Crippen LogP contribution in [-0.2, 0) is 49.3 Å². The van der Waals surface area contributed by atoms with E-state index in [9.17, 15) is 33.9 Å². The topological polar surface area (TPSA) is 181 Å². The highest BCUT2D eigenvalue weighted by molar-refractivity contribution is 8.00. The number of hydrogen-bond acceptors (Lipinski definition) is 12. The lowest BCUT2D eigenvalue weighted by Crippen LogP contribution is -2.60. The van der Waals surface area contributed by atoms with Gasteiger partial charge in [0.25, 0.3) is 0 Å². The smallest absolute Gasteiger partial charge is 0.409 e. The third-order valence-corrected chi connectivity index (χ3v) is 15.4. The van der Waals surface area contributed by atoms with Crippen LogP contribution in [0.3, 0.4) is 0 Å². The molecule has 63 heavy (non-hydrogen) atoms. The maximum absolute atomic E-state index is 14.2. The fourth-order valence-corrected chi connectivity index (χ4v) is 10.7. The molecule has 3 saturated heterocycles. The van der Waals surface area contributed by atoms with E-state index in [-0.39, 0.29) is 61.2 Å². The number of thioether (sulfide) groups is 1. The Balaban J connectivity index is 1.12. The third kappa shape index (κ3) is 11.2. The van der Waals surface area contributed by atoms with E-state index in [1.807, 2.05) is 65.0 Å². The fourth-order valence-electron chi connectivity index (χ4n) is 9.46. The van der Waals surface area contributed by atoms with Gasteiger partial charge in [0.1, 0.15) is 29.3 Å². The van der Waals surface area contributed by atoms with E-state index in [0.717, 1.165) is 42.4 Å². The predicted molar refractivity (Wildman–Crippen MR) is 239 cm³/mol. The van der Waals surface area contributed by atoms with Crippen LogP contribution >= 0.6 is 23.4 Å². The molecule has 0 spiro atoms. The normalized spacial score (nSPS) is 34.6. The number of nitrogens with one attached hydrogen (secondary N) is 1. The number of allylic oxidation sites excluding steroid dienone is 3. The minimum absolute atomic E-state index is 0.0600. The Morgan fingerprint density at radius 1 is 1.08 bits per heavy atom. The number of halogens is 1. The maximum atomic E-state index is 14.2. The van der Waals surface area contributed by atoms with Crippen LogP contribution in [0.4, 0.5) is 10.5 Å². The lowest BCUT2D eigenvalue weighted by atomic mass is 9.79. The molecule has 1 aliphatic carbocycles. The summed E-state index contributed by atoms with van der Waals surface area (Å²) in [7, 11) is 1.62. The van der Waals surface area contributed by atoms with Gasteiger partial charge in [0.2, 0.25) is 17.7 Å². The van der Waals surface area contributed by atoms with Crippen LogP contribution in [0.1, 0.15) is 104 Å². The van der Waals surface area contributed by atoms with E-state index < -0.39 is 64.9 Å². The van der Waals surface area contributed by atoms with Gasteiger partial charge in [0.15, 0.2) is 6.10 Å². The molecule has 6 rings (SSSR count). The number of Topliss-reactive ketones (excluding diaryl/α,β-unsaturated/α-hetero) is 1. The van der Waals surface area contributed by atoms with Crippen molar-refractivity contribution in [3.05, 3.63) is 52.1 Å². The number of fused-ring (bicyclic) bond motifs is 5. The Morgan fingerprint density at radius 2 is 1.79 bits per heavy atom. The number of hydrogen-bond donors (Lipinski definition) is 2. The first-order valence-electron chi connectivity index (χ1n) is 22.3. The summed E-state index contributed by atoms with van der Waals surface area (Å²) in [6.45, 7) is 13.2. The molecule has 9 atom stereocenters. The first-order chi connectivity index (χ1) is 29.7. The van der Waals surface area contributed by atoms with Crippen LogP contribution in [0.15, 0.2) is 35.9 Å². The summed E-state index contributed by atoms with van der Waals surface area (Å²) in [6, 6.07) is 3.84. The van der Waals surface area contributed by atoms with Crippen molar-refractivity contribution in [1.29, 1.82) is 0 Å². The van der Waals surface area contributed by atoms with Crippen molar-refractivity contribution in [2.75, 3.05) is 30.9 Å². The number of amides is 4. The lowest BCUT2D eigenvalue weighted by Gasteiger charge is -2.41. The molecule has 16 heteroatoms. The first kappa shape index (κ1) is 48.7. The maximum Gasteiger partial charge on any atom is 0.409 e. The number of benzene rings is 1. The minimum Gasteiger partial charge on any atom is -0.457 e. The molecular weight excluding hydrogens is 850 g/mol. The molecule has 346 valence electrons. The van der Waals surface area contributed by atoms with E-state index >= 15 is 0 Å². The van der Waals surface area contributed by atoms with Crippen molar-refractivity contribution >= 4 is 64.6 Å². The Hall–Kier alpha value is -3.76. The molecule has 4 fully saturated rings. The van der Waals surface area contributed by atoms with Gasteiger partial charge in [0.05, 0.1) is 35.1 Å². The van der Waals surface area contributed by atoms with Crippen LogP contribution in [0.2, 0.25) is 5.02 Å². The Kier molecular flexibility index (Phi) is 15.6. The van der Waals surface area contributed by atoms with Gasteiger partial charge in [-0.2, -0.15) is 0 Å². The lowest BCUT2D eigenvalue weighted by molar-refractivity contribution is -0.165. The number of nitrogens with zero attached hydrogens (tertiary/aromatic N) is 2. The zero-order valence-corrected chi connectivity index (χ0v) is 39.4. The number of carbonyl (C=O) groups is 6. The largest absolute Gasteiger partial charge is 0.457 e. The molecule has 1 aromatic carbocycles. The molecule has 2 N–H and O–H groups in total. The van der Waals surface area contributed by atoms with E-state index in [0.29, 0.717) is 35.8 Å². The number of rotatable bonds is 11. The number of anilines is 1. The Labute approximate surface area is 380 Å². The highest BCUT2D eigenvalue weighted by Crippen LogP contribution is 2.49. The van der Waals surface area contributed by atoms with Crippen molar-refractivity contribution in [2.45, 2.75) is 147 Å². The number of alkyl carbamates (subject to hydrolysis) is 1. The number of aliphatic hydroxyl groups is 1. The van der Waals surface area contributed by atoms with Gasteiger partial charge in [-0.3, -0.25) is 29.4 Å². The van der Waals surface area contributed by atoms with Crippen LogP contribution in [0.25, 0.3) is 0 Å². The average molecular weight is 915 g/mol. The SMILES string of the molecule is CCC(=O)C1CCC(CN2C(=O)CC(SCCO[C@@H](C)C(=O)O[C@H]3CC(=O)N(C)c4cc(cc(C)c4Cl)C/C(C)=C/C=C/[C@@H](C)[C@@]4(O)CC(OC(=O)N4)[C@@H](C)[C@@H]4O[C@@]34C)C2=O)CC1. The van der Waals surface area contributed by atoms with Gasteiger partial charge in [-0.25, -0.2) is 9.59 Å². The average Bonchev–Trinajstić information content (AvgIpc) is 3.87. The summed E-state index contributed by atoms with van der Waals surface area (Å²) in [5.74, 6) is -1.59. The second kappa shape index (κ2) is 20.2. The van der Waals surface area contributed by atoms with E-state index in [4.69, 9.17) is 30.5 Å². The summed E-state index contributed by atoms with van der Waals surface area (Å²) >= 11 is 8.12. The molecule has 4 amide bonds. The minimum atomic E-state index is -1.62. The highest BCUT2D eigenvalue weighted by atomic mass is 35.5. The highest BCUT2D eigenvalue weighted by Gasteiger charge is 2.64. The van der Waals surface area contributed by atoms with E-state index in [1.165, 1.54) is 21.6 Å². The molecule has 4 heterocycles. The standard InChI is InChI=1S/C47H64ClN3O11S/c1-9-35(52)33-15-13-31(14-16-33)25-51-40(54)22-37(43(51)55)63-18-17-59-30(6)44(56)61-38-23-39(53)50(8)34-21-32(20-27(3)41(34)48)19-26(2)11-10-12-28(4)47(58)24-36(60-45(57)49-47)29(5)42-46(38,7)62-42/h10-12,20-21,28-31,33,36-38,42,58H,9,13-19,22-25H2,1-8H3,(H,49,57)/b12-10+,26-11+/t28-,29-,30+,31?,33?,36?,37?,38+,42+,46+,47+/m1/s1. The second-order valence-electron chi connectivity index (χ2n) is 18.4. The Morgan fingerprint density at radius 3 is 2.49 bits per heavy atom. The van der Waals surface area contributed by atoms with E-state index in [2.05, 4.69) is 5.32 Å². The summed E-state index contributed by atoms with van der Waals surface area (Å²) in [5, 5.41) is 14.2. The van der Waals surface area contributed by atoms with Gasteiger partial charge in [0, 0.05) is 56.4 Å². The molecular formula is C47H64ClN3O11S. The summed E-state index contributed by atoms with van der Waals surface area (Å²) < 4.78 is 24.0. The molecule has 0 radical (unpaired) electrons. The third-order valence-electron chi connectivity index (χ3n) is 13.7. The molecule has 4 aliphatic heterocycles. The molecule has 2 unspecified atom stereocenters. The molecule has 5 aliphatic rings. The van der Waals surface area contributed by atoms with Crippen molar-refractivity contribution in [3.63, 3.8) is 0 Å². The van der Waals surface area contributed by atoms with Crippen LogP contribution in [0.5, 0.6) is 0 Å². The summed E-state index contributed by atoms with van der Waals surface area (Å²) in [6.07, 6.45) is 5.52. The number of esters is 1. The van der Waals surface area contributed by atoms with Crippen molar-refractivity contribution < 1.29 is 52.8 Å². The zero-order chi connectivity index (χ0) is 46.0. The number of likely N-dealkylation sites (tertiary alicyclic amines) is 1. The van der Waals surface area contributed by atoms with Crippen molar-refractivity contribution in [2.24, 2.45) is 23.7 Å². The van der Waals surface area contributed by atoms with Gasteiger partial charge < -0.3 is 29.0 Å². The Bertz CT molecular complexity index is 2000. The van der Waals surface area contributed by atoms with Crippen molar-refractivity contribution in [1.82, 2.24) is 10.2 Å². The van der Waals surface area contributed by atoms with Gasteiger partial charge in [-0.05, 0) is 82.9 Å². The molecule has 4 bridgehead atoms. The van der Waals surface area contributed by atoms with E-state index in [1.54, 1.807) is 20.9 Å². The molecule has 14 nitrogen and oxygen atoms in total. The summed E-state index contributed by atoms with van der Waals surface area (Å²) in [4.78, 5) is 82.0. The zero-order valence-electron chi connectivity index (χ0n) is 37.8. The summed E-state index contributed by atoms with van der Waals surface area (Å²) in [5.41, 5.74) is 0.438. The van der Waals surface area contributed by atoms with Crippen LogP contribution < -0.4 is 10.2 Å². The quantitative estimate of drug-likeness (QED) is 0.105. The van der Waals surface area contributed by atoms with Crippen molar-refractivity contribution in [3.8, 4) is 0 Å². The fraction of sp³-hybridized carbons (Fsp3) is 0.660. The van der Waals surface area contributed by atoms with Crippen LogP contribution in [0, 0.1) is 30.6 Å². The number of imide groups is 1. The monoisotopic (exact) mass is 913 g/mol. The van der Waals surface area contributed by atoms with Crippen LogP contribution in [-0.4, -0.2) is 113 Å². The molecule has 1 saturated carbocycles. The number of ether oxygens (including phenoxy) is 4. The van der Waals surface area contributed by atoms with Gasteiger partial charge in [-0.15, -0.1) is 11.8 Å². The number of ketones is 1.